The number of hydrogen-bond donors (Lipinski definition) is 0. The molecule has 0 aromatic heterocycles. The van der Waals surface area contributed by atoms with Crippen LogP contribution in [0, 0.1) is 0 Å². The number of hydrogen-bond acceptors (Lipinski definition) is 3. The molecule has 0 N–H and O–H groups in total. The molecule has 4 heteroatoms. The summed E-state index contributed by atoms with van der Waals surface area (Å²) in [6.45, 7) is 4.08. The summed E-state index contributed by atoms with van der Waals surface area (Å²) in [5, 5.41) is 0. The molecule has 0 unspecified atom stereocenters. The van der Waals surface area contributed by atoms with Crippen LogP contribution in [0.4, 0.5) is 0 Å². The van der Waals surface area contributed by atoms with Gasteiger partial charge in [-0.1, -0.05) is 44.0 Å². The Labute approximate surface area is 123 Å². The van der Waals surface area contributed by atoms with Gasteiger partial charge in [-0.3, -0.25) is 4.18 Å². The minimum atomic E-state index is -3.30. The SMILES string of the molecule is CCCCCc1ccccc1CCCOS(=O)(=O)CC. The van der Waals surface area contributed by atoms with Crippen LogP contribution in [0.2, 0.25) is 0 Å². The van der Waals surface area contributed by atoms with E-state index in [9.17, 15) is 8.42 Å². The predicted molar refractivity (Wildman–Crippen MR) is 83.4 cm³/mol. The predicted octanol–water partition coefficient (Wildman–Crippen LogP) is 3.72. The third kappa shape index (κ3) is 6.53. The van der Waals surface area contributed by atoms with Crippen molar-refractivity contribution in [3.8, 4) is 0 Å². The van der Waals surface area contributed by atoms with Crippen molar-refractivity contribution in [1.29, 1.82) is 0 Å². The second-order valence-corrected chi connectivity index (χ2v) is 6.93. The van der Waals surface area contributed by atoms with Gasteiger partial charge < -0.3 is 0 Å². The minimum Gasteiger partial charge on any atom is -0.270 e. The van der Waals surface area contributed by atoms with E-state index in [1.54, 1.807) is 6.92 Å². The van der Waals surface area contributed by atoms with Gasteiger partial charge in [0.2, 0.25) is 0 Å². The van der Waals surface area contributed by atoms with Crippen molar-refractivity contribution in [1.82, 2.24) is 0 Å². The Morgan fingerprint density at radius 2 is 1.55 bits per heavy atom. The fraction of sp³-hybridized carbons (Fsp3) is 0.625. The van der Waals surface area contributed by atoms with Crippen molar-refractivity contribution in [2.75, 3.05) is 12.4 Å². The van der Waals surface area contributed by atoms with Gasteiger partial charge in [0.15, 0.2) is 0 Å². The third-order valence-corrected chi connectivity index (χ3v) is 4.61. The van der Waals surface area contributed by atoms with Crippen LogP contribution in [0.1, 0.15) is 50.7 Å². The van der Waals surface area contributed by atoms with Gasteiger partial charge >= 0.3 is 0 Å². The zero-order valence-electron chi connectivity index (χ0n) is 12.6. The monoisotopic (exact) mass is 298 g/mol. The smallest absolute Gasteiger partial charge is 0.267 e. The molecule has 0 atom stereocenters. The van der Waals surface area contributed by atoms with Gasteiger partial charge in [0.05, 0.1) is 12.4 Å². The average molecular weight is 298 g/mol. The van der Waals surface area contributed by atoms with Gasteiger partial charge in [-0.2, -0.15) is 8.42 Å². The van der Waals surface area contributed by atoms with Crippen LogP contribution in [0.15, 0.2) is 24.3 Å². The van der Waals surface area contributed by atoms with Crippen LogP contribution < -0.4 is 0 Å². The second-order valence-electron chi connectivity index (χ2n) is 5.00. The van der Waals surface area contributed by atoms with Crippen LogP contribution in [0.3, 0.4) is 0 Å². The zero-order valence-corrected chi connectivity index (χ0v) is 13.4. The molecule has 0 fully saturated rings. The zero-order chi connectivity index (χ0) is 14.8. The summed E-state index contributed by atoms with van der Waals surface area (Å²) in [6.07, 6.45) is 6.43. The van der Waals surface area contributed by atoms with Gasteiger partial charge in [0.25, 0.3) is 10.1 Å². The molecule has 114 valence electrons. The van der Waals surface area contributed by atoms with E-state index in [1.165, 1.54) is 30.4 Å². The minimum absolute atomic E-state index is 0.0423. The molecule has 1 rings (SSSR count). The molecule has 3 nitrogen and oxygen atoms in total. The van der Waals surface area contributed by atoms with Gasteiger partial charge in [-0.05, 0) is 43.7 Å². The first-order valence-corrected chi connectivity index (χ1v) is 9.10. The van der Waals surface area contributed by atoms with E-state index in [2.05, 4.69) is 25.1 Å². The van der Waals surface area contributed by atoms with Crippen molar-refractivity contribution >= 4 is 10.1 Å². The molecule has 0 bridgehead atoms. The largest absolute Gasteiger partial charge is 0.270 e. The maximum absolute atomic E-state index is 11.2. The molecule has 0 radical (unpaired) electrons. The molecule has 1 aromatic rings. The topological polar surface area (TPSA) is 43.4 Å². The first-order chi connectivity index (χ1) is 9.59. The lowest BCUT2D eigenvalue weighted by molar-refractivity contribution is 0.313. The molecule has 0 aliphatic carbocycles. The standard InChI is InChI=1S/C16H26O3S/c1-3-5-6-10-15-11-7-8-12-16(15)13-9-14-19-20(17,18)4-2/h7-8,11-12H,3-6,9-10,13-14H2,1-2H3. The van der Waals surface area contributed by atoms with E-state index < -0.39 is 10.1 Å². The van der Waals surface area contributed by atoms with E-state index in [1.807, 2.05) is 6.07 Å². The highest BCUT2D eigenvalue weighted by Crippen LogP contribution is 2.15. The quantitative estimate of drug-likeness (QED) is 0.488. The normalized spacial score (nSPS) is 11.7. The summed E-state index contributed by atoms with van der Waals surface area (Å²) in [5.74, 6) is 0.0423. The highest BCUT2D eigenvalue weighted by atomic mass is 32.2. The fourth-order valence-corrected chi connectivity index (χ4v) is 2.68. The van der Waals surface area contributed by atoms with E-state index in [-0.39, 0.29) is 12.4 Å². The first kappa shape index (κ1) is 17.2. The summed E-state index contributed by atoms with van der Waals surface area (Å²) in [5.41, 5.74) is 2.71. The Bertz CT molecular complexity index is 480. The summed E-state index contributed by atoms with van der Waals surface area (Å²) >= 11 is 0. The Balaban J connectivity index is 2.43. The maximum Gasteiger partial charge on any atom is 0.267 e. The molecule has 0 aliphatic heterocycles. The number of unbranched alkanes of at least 4 members (excludes halogenated alkanes) is 2. The van der Waals surface area contributed by atoms with E-state index in [0.29, 0.717) is 0 Å². The summed E-state index contributed by atoms with van der Waals surface area (Å²) in [6, 6.07) is 8.43. The van der Waals surface area contributed by atoms with Crippen LogP contribution in [0.25, 0.3) is 0 Å². The van der Waals surface area contributed by atoms with E-state index >= 15 is 0 Å². The van der Waals surface area contributed by atoms with E-state index in [0.717, 1.165) is 19.3 Å². The van der Waals surface area contributed by atoms with Crippen molar-refractivity contribution in [2.45, 2.75) is 52.4 Å². The van der Waals surface area contributed by atoms with E-state index in [4.69, 9.17) is 4.18 Å². The summed E-state index contributed by atoms with van der Waals surface area (Å²) in [7, 11) is -3.30. The average Bonchev–Trinajstić information content (AvgIpc) is 2.45. The second kappa shape index (κ2) is 9.14. The molecule has 0 spiro atoms. The van der Waals surface area contributed by atoms with Crippen LogP contribution in [0.5, 0.6) is 0 Å². The number of benzene rings is 1. The first-order valence-electron chi connectivity index (χ1n) is 7.53. The van der Waals surface area contributed by atoms with Gasteiger partial charge in [-0.25, -0.2) is 0 Å². The number of aryl methyl sites for hydroxylation is 2. The number of rotatable bonds is 10. The fourth-order valence-electron chi connectivity index (χ4n) is 2.14. The molecule has 0 aliphatic rings. The Hall–Kier alpha value is -0.870. The lowest BCUT2D eigenvalue weighted by atomic mass is 9.98. The van der Waals surface area contributed by atoms with Crippen LogP contribution in [-0.2, 0) is 27.1 Å². The Kier molecular flexibility index (Phi) is 7.85. The Morgan fingerprint density at radius 1 is 0.950 bits per heavy atom. The summed E-state index contributed by atoms with van der Waals surface area (Å²) < 4.78 is 27.4. The lowest BCUT2D eigenvalue weighted by Gasteiger charge is -2.09. The van der Waals surface area contributed by atoms with Crippen LogP contribution in [-0.4, -0.2) is 20.8 Å². The Morgan fingerprint density at radius 3 is 2.10 bits per heavy atom. The molecule has 1 aromatic carbocycles. The van der Waals surface area contributed by atoms with Crippen molar-refractivity contribution in [3.05, 3.63) is 35.4 Å². The molecule has 0 saturated carbocycles. The van der Waals surface area contributed by atoms with Gasteiger partial charge in [-0.15, -0.1) is 0 Å². The van der Waals surface area contributed by atoms with Crippen molar-refractivity contribution in [2.24, 2.45) is 0 Å². The van der Waals surface area contributed by atoms with Gasteiger partial charge in [0, 0.05) is 0 Å². The molecule has 0 heterocycles. The molecule has 0 amide bonds. The lowest BCUT2D eigenvalue weighted by Crippen LogP contribution is -2.10. The van der Waals surface area contributed by atoms with Gasteiger partial charge in [0.1, 0.15) is 0 Å². The third-order valence-electron chi connectivity index (χ3n) is 3.37. The van der Waals surface area contributed by atoms with Crippen LogP contribution >= 0.6 is 0 Å². The van der Waals surface area contributed by atoms with Crippen molar-refractivity contribution < 1.29 is 12.6 Å². The highest BCUT2D eigenvalue weighted by molar-refractivity contribution is 7.86. The highest BCUT2D eigenvalue weighted by Gasteiger charge is 2.07. The molecular weight excluding hydrogens is 272 g/mol. The molecular formula is C16H26O3S. The molecule has 20 heavy (non-hydrogen) atoms. The molecule has 0 saturated heterocycles. The maximum atomic E-state index is 11.2. The summed E-state index contributed by atoms with van der Waals surface area (Å²) in [4.78, 5) is 0. The van der Waals surface area contributed by atoms with Crippen molar-refractivity contribution in [3.63, 3.8) is 0 Å².